The quantitative estimate of drug-likeness (QED) is 0.0686. The predicted octanol–water partition coefficient (Wildman–Crippen LogP) is 5.89. The van der Waals surface area contributed by atoms with Crippen LogP contribution in [0.15, 0.2) is 103 Å². The zero-order chi connectivity index (χ0) is 36.1. The van der Waals surface area contributed by atoms with Crippen molar-refractivity contribution in [3.63, 3.8) is 0 Å². The van der Waals surface area contributed by atoms with Crippen molar-refractivity contribution in [1.82, 2.24) is 20.6 Å². The molecule has 3 atom stereocenters. The monoisotopic (exact) mass is 706 g/mol. The Labute approximate surface area is 306 Å². The molecule has 4 aromatic rings. The molecule has 2 heterocycles. The molecule has 4 aromatic carbocycles. The molecule has 10 heteroatoms. The number of aliphatic hydroxyl groups is 1. The molecule has 0 spiro atoms. The van der Waals surface area contributed by atoms with Gasteiger partial charge in [-0.2, -0.15) is 0 Å². The summed E-state index contributed by atoms with van der Waals surface area (Å²) in [6.07, 6.45) is 1.64. The number of nitrogens with zero attached hydrogens (tertiary/aromatic N) is 2. The lowest BCUT2D eigenvalue weighted by molar-refractivity contribution is -0.253. The first-order valence-corrected chi connectivity index (χ1v) is 18.3. The van der Waals surface area contributed by atoms with Gasteiger partial charge in [0.25, 0.3) is 0 Å². The molecule has 0 aliphatic carbocycles. The van der Waals surface area contributed by atoms with E-state index >= 15 is 0 Å². The van der Waals surface area contributed by atoms with Crippen LogP contribution < -0.4 is 10.8 Å². The number of nitrogens with one attached hydrogen (secondary N) is 2. The van der Waals surface area contributed by atoms with E-state index in [2.05, 4.69) is 75.8 Å². The fourth-order valence-electron chi connectivity index (χ4n) is 6.98. The molecule has 0 saturated carbocycles. The summed E-state index contributed by atoms with van der Waals surface area (Å²) in [6.45, 7) is 6.22. The van der Waals surface area contributed by atoms with Crippen molar-refractivity contribution < 1.29 is 29.4 Å². The Morgan fingerprint density at radius 2 is 1.37 bits per heavy atom. The van der Waals surface area contributed by atoms with Crippen LogP contribution in [-0.4, -0.2) is 70.8 Å². The molecule has 2 amide bonds. The average Bonchev–Trinajstić information content (AvgIpc) is 3.20. The zero-order valence-corrected chi connectivity index (χ0v) is 29.7. The molecule has 6 rings (SSSR count). The van der Waals surface area contributed by atoms with Crippen molar-refractivity contribution >= 4 is 11.8 Å². The van der Waals surface area contributed by atoms with Gasteiger partial charge in [0.15, 0.2) is 6.29 Å². The van der Waals surface area contributed by atoms with Crippen LogP contribution in [0.1, 0.15) is 72.3 Å². The number of benzene rings is 4. The van der Waals surface area contributed by atoms with Crippen LogP contribution in [0.3, 0.4) is 0 Å². The van der Waals surface area contributed by atoms with E-state index in [1.807, 2.05) is 42.5 Å². The minimum atomic E-state index is -0.535. The lowest BCUT2D eigenvalue weighted by Gasteiger charge is -2.40. The fraction of sp³-hybridized carbons (Fsp3) is 0.381. The Morgan fingerprint density at radius 3 is 2.08 bits per heavy atom. The standard InChI is InChI=1S/C42H50N4O6/c47-30-32-14-16-34(17-15-32)39-26-37(29-46-24-22-45(23-25-46)28-31-8-2-1-3-9-31)51-42(52-39)35-20-18-33(19-21-35)38-11-5-4-10-36(38)27-43-40(48)12-6-7-13-41(49)44-50/h1-5,8-11,14-21,37,39,42,47,50H,6-7,12-13,22-30H2,(H,43,48)(H,44,49). The van der Waals surface area contributed by atoms with Crippen LogP contribution in [0.5, 0.6) is 0 Å². The third-order valence-electron chi connectivity index (χ3n) is 9.96. The van der Waals surface area contributed by atoms with Gasteiger partial charge in [-0.1, -0.05) is 103 Å². The van der Waals surface area contributed by atoms with Gasteiger partial charge in [-0.3, -0.25) is 24.6 Å². The first-order valence-electron chi connectivity index (χ1n) is 18.3. The third kappa shape index (κ3) is 10.6. The Balaban J connectivity index is 1.09. The molecule has 2 saturated heterocycles. The Hall–Kier alpha value is -4.42. The summed E-state index contributed by atoms with van der Waals surface area (Å²) < 4.78 is 13.3. The lowest BCUT2D eigenvalue weighted by atomic mass is 9.97. The van der Waals surface area contributed by atoms with Crippen LogP contribution in [-0.2, 0) is 38.8 Å². The molecule has 4 N–H and O–H groups in total. The van der Waals surface area contributed by atoms with E-state index in [0.717, 1.165) is 79.1 Å². The molecular formula is C42H50N4O6. The van der Waals surface area contributed by atoms with Crippen molar-refractivity contribution in [2.75, 3.05) is 32.7 Å². The van der Waals surface area contributed by atoms with Crippen molar-refractivity contribution in [3.8, 4) is 11.1 Å². The molecule has 0 radical (unpaired) electrons. The molecule has 2 aliphatic rings. The average molecular weight is 707 g/mol. The number of hydrogen-bond acceptors (Lipinski definition) is 8. The second kappa shape index (κ2) is 18.9. The SMILES string of the molecule is O=C(CCCCC(=O)NCc1ccccc1-c1ccc(C2OC(CN3CCN(Cc4ccccc4)CC3)CC(c3ccc(CO)cc3)O2)cc1)NO. The van der Waals surface area contributed by atoms with Gasteiger partial charge in [-0.05, 0) is 46.2 Å². The number of piperazine rings is 1. The molecular weight excluding hydrogens is 656 g/mol. The van der Waals surface area contributed by atoms with Crippen molar-refractivity contribution in [2.24, 2.45) is 0 Å². The summed E-state index contributed by atoms with van der Waals surface area (Å²) in [5, 5.41) is 21.2. The van der Waals surface area contributed by atoms with Crippen LogP contribution in [0.25, 0.3) is 11.1 Å². The highest BCUT2D eigenvalue weighted by atomic mass is 16.7. The van der Waals surface area contributed by atoms with E-state index in [0.29, 0.717) is 25.8 Å². The minimum absolute atomic E-state index is 0.00561. The maximum absolute atomic E-state index is 12.5. The van der Waals surface area contributed by atoms with Gasteiger partial charge in [0.1, 0.15) is 0 Å². The van der Waals surface area contributed by atoms with Crippen LogP contribution >= 0.6 is 0 Å². The highest BCUT2D eigenvalue weighted by molar-refractivity contribution is 5.77. The Bertz CT molecular complexity index is 1710. The summed E-state index contributed by atoms with van der Waals surface area (Å²) in [7, 11) is 0. The molecule has 0 aromatic heterocycles. The number of rotatable bonds is 15. The molecule has 3 unspecified atom stereocenters. The van der Waals surface area contributed by atoms with E-state index in [1.54, 1.807) is 5.48 Å². The van der Waals surface area contributed by atoms with Crippen LogP contribution in [0.2, 0.25) is 0 Å². The third-order valence-corrected chi connectivity index (χ3v) is 9.96. The molecule has 2 aliphatic heterocycles. The maximum atomic E-state index is 12.5. The number of ether oxygens (including phenoxy) is 2. The number of hydroxylamine groups is 1. The van der Waals surface area contributed by atoms with E-state index < -0.39 is 12.2 Å². The van der Waals surface area contributed by atoms with Gasteiger partial charge in [0.2, 0.25) is 11.8 Å². The predicted molar refractivity (Wildman–Crippen MR) is 199 cm³/mol. The topological polar surface area (TPSA) is 124 Å². The summed E-state index contributed by atoms with van der Waals surface area (Å²) >= 11 is 0. The van der Waals surface area contributed by atoms with Gasteiger partial charge in [-0.25, -0.2) is 5.48 Å². The molecule has 274 valence electrons. The molecule has 10 nitrogen and oxygen atoms in total. The van der Waals surface area contributed by atoms with Gasteiger partial charge in [0, 0.05) is 70.6 Å². The molecule has 52 heavy (non-hydrogen) atoms. The largest absolute Gasteiger partial charge is 0.392 e. The summed E-state index contributed by atoms with van der Waals surface area (Å²) in [5.41, 5.74) is 8.92. The van der Waals surface area contributed by atoms with Crippen LogP contribution in [0, 0.1) is 0 Å². The van der Waals surface area contributed by atoms with Gasteiger partial charge in [0.05, 0.1) is 18.8 Å². The normalized spacial score (nSPS) is 19.6. The lowest BCUT2D eigenvalue weighted by Crippen LogP contribution is -2.49. The number of hydrogen-bond donors (Lipinski definition) is 4. The van der Waals surface area contributed by atoms with E-state index in [1.165, 1.54) is 5.56 Å². The number of aliphatic hydroxyl groups excluding tert-OH is 1. The number of carbonyl (C=O) groups excluding carboxylic acids is 2. The summed E-state index contributed by atoms with van der Waals surface area (Å²) in [5.74, 6) is -0.524. The summed E-state index contributed by atoms with van der Waals surface area (Å²) in [4.78, 5) is 28.7. The highest BCUT2D eigenvalue weighted by Gasteiger charge is 2.34. The summed E-state index contributed by atoms with van der Waals surface area (Å²) in [6, 6.07) is 35.0. The maximum Gasteiger partial charge on any atom is 0.243 e. The second-order valence-corrected chi connectivity index (χ2v) is 13.7. The number of carbonyl (C=O) groups is 2. The second-order valence-electron chi connectivity index (χ2n) is 13.7. The van der Waals surface area contributed by atoms with Crippen molar-refractivity contribution in [2.45, 2.75) is 70.3 Å². The van der Waals surface area contributed by atoms with Crippen molar-refractivity contribution in [3.05, 3.63) is 131 Å². The van der Waals surface area contributed by atoms with Gasteiger partial charge >= 0.3 is 0 Å². The first-order chi connectivity index (χ1) is 25.5. The molecule has 2 fully saturated rings. The Morgan fingerprint density at radius 1 is 0.712 bits per heavy atom. The minimum Gasteiger partial charge on any atom is -0.392 e. The molecule has 0 bridgehead atoms. The fourth-order valence-corrected chi connectivity index (χ4v) is 6.98. The van der Waals surface area contributed by atoms with Crippen molar-refractivity contribution in [1.29, 1.82) is 0 Å². The smallest absolute Gasteiger partial charge is 0.243 e. The zero-order valence-electron chi connectivity index (χ0n) is 29.7. The number of amides is 2. The first kappa shape index (κ1) is 37.3. The highest BCUT2D eigenvalue weighted by Crippen LogP contribution is 2.39. The number of unbranched alkanes of at least 4 members (excludes halogenated alkanes) is 1. The van der Waals surface area contributed by atoms with E-state index in [9.17, 15) is 14.7 Å². The van der Waals surface area contributed by atoms with Gasteiger partial charge < -0.3 is 19.9 Å². The Kier molecular flexibility index (Phi) is 13.6. The van der Waals surface area contributed by atoms with E-state index in [-0.39, 0.29) is 31.1 Å². The van der Waals surface area contributed by atoms with E-state index in [4.69, 9.17) is 14.7 Å². The van der Waals surface area contributed by atoms with Gasteiger partial charge in [-0.15, -0.1) is 0 Å². The van der Waals surface area contributed by atoms with Crippen LogP contribution in [0.4, 0.5) is 0 Å².